The first kappa shape index (κ1) is 16.7. The van der Waals surface area contributed by atoms with Crippen LogP contribution in [-0.4, -0.2) is 28.7 Å². The number of rotatable bonds is 4. The van der Waals surface area contributed by atoms with Gasteiger partial charge in [0.2, 0.25) is 5.88 Å². The highest BCUT2D eigenvalue weighted by Crippen LogP contribution is 2.23. The van der Waals surface area contributed by atoms with Crippen LogP contribution in [0.15, 0.2) is 40.9 Å². The summed E-state index contributed by atoms with van der Waals surface area (Å²) in [6.07, 6.45) is -3.29. The van der Waals surface area contributed by atoms with Gasteiger partial charge in [-0.25, -0.2) is 9.97 Å². The Bertz CT molecular complexity index is 922. The van der Waals surface area contributed by atoms with Gasteiger partial charge in [-0.15, -0.1) is 0 Å². The molecular weight excluding hydrogens is 339 g/mol. The van der Waals surface area contributed by atoms with Crippen LogP contribution < -0.4 is 10.1 Å². The van der Waals surface area contributed by atoms with E-state index < -0.39 is 24.6 Å². The molecule has 0 saturated carbocycles. The minimum absolute atomic E-state index is 0.111. The molecule has 0 fully saturated rings. The number of ether oxygens (including phenoxy) is 1. The van der Waals surface area contributed by atoms with Gasteiger partial charge in [0, 0.05) is 24.9 Å². The Kier molecular flexibility index (Phi) is 4.30. The molecule has 0 radical (unpaired) electrons. The molecule has 3 rings (SSSR count). The number of amides is 1. The van der Waals surface area contributed by atoms with Gasteiger partial charge in [-0.05, 0) is 24.3 Å². The Hall–Kier alpha value is -3.10. The lowest BCUT2D eigenvalue weighted by Gasteiger charge is -2.12. The lowest BCUT2D eigenvalue weighted by molar-refractivity contribution is -0.154. The number of benzene rings is 1. The molecule has 0 atom stereocenters. The number of halogens is 3. The third-order valence-electron chi connectivity index (χ3n) is 3.14. The van der Waals surface area contributed by atoms with Crippen molar-refractivity contribution < 1.29 is 27.1 Å². The predicted octanol–water partition coefficient (Wildman–Crippen LogP) is 3.72. The Labute approximate surface area is 139 Å². The van der Waals surface area contributed by atoms with Crippen molar-refractivity contribution in [1.29, 1.82) is 0 Å². The van der Waals surface area contributed by atoms with Crippen molar-refractivity contribution in [2.24, 2.45) is 0 Å². The second-order valence-corrected chi connectivity index (χ2v) is 5.13. The summed E-state index contributed by atoms with van der Waals surface area (Å²) in [5, 5.41) is 2.57. The molecule has 6 nitrogen and oxygen atoms in total. The van der Waals surface area contributed by atoms with Crippen LogP contribution in [0, 0.1) is 6.92 Å². The van der Waals surface area contributed by atoms with Crippen molar-refractivity contribution in [3.8, 4) is 5.88 Å². The first-order valence-electron chi connectivity index (χ1n) is 7.15. The van der Waals surface area contributed by atoms with E-state index in [2.05, 4.69) is 20.0 Å². The molecule has 9 heteroatoms. The number of carbonyl (C=O) groups is 1. The van der Waals surface area contributed by atoms with Crippen LogP contribution in [0.3, 0.4) is 0 Å². The van der Waals surface area contributed by atoms with E-state index >= 15 is 0 Å². The van der Waals surface area contributed by atoms with E-state index in [4.69, 9.17) is 4.42 Å². The van der Waals surface area contributed by atoms with Gasteiger partial charge >= 0.3 is 6.18 Å². The minimum atomic E-state index is -4.53. The monoisotopic (exact) mass is 351 g/mol. The van der Waals surface area contributed by atoms with Crippen molar-refractivity contribution in [3.05, 3.63) is 48.0 Å². The molecule has 0 saturated heterocycles. The van der Waals surface area contributed by atoms with Crippen LogP contribution in [0.25, 0.3) is 11.1 Å². The number of aryl methyl sites for hydroxylation is 1. The molecule has 0 aliphatic rings. The van der Waals surface area contributed by atoms with E-state index in [-0.39, 0.29) is 5.56 Å². The second-order valence-electron chi connectivity index (χ2n) is 5.13. The maximum absolute atomic E-state index is 12.3. The molecule has 0 unspecified atom stereocenters. The second kappa shape index (κ2) is 6.42. The van der Waals surface area contributed by atoms with Crippen molar-refractivity contribution >= 4 is 22.7 Å². The minimum Gasteiger partial charge on any atom is -0.467 e. The van der Waals surface area contributed by atoms with E-state index in [1.54, 1.807) is 25.1 Å². The zero-order valence-electron chi connectivity index (χ0n) is 12.9. The van der Waals surface area contributed by atoms with Gasteiger partial charge in [0.05, 0.1) is 0 Å². The third-order valence-corrected chi connectivity index (χ3v) is 3.14. The topological polar surface area (TPSA) is 77.2 Å². The molecule has 130 valence electrons. The molecule has 0 aliphatic carbocycles. The molecule has 2 aromatic heterocycles. The number of carbonyl (C=O) groups excluding carboxylic acids is 1. The van der Waals surface area contributed by atoms with Crippen molar-refractivity contribution in [1.82, 2.24) is 9.97 Å². The Morgan fingerprint density at radius 2 is 2.12 bits per heavy atom. The number of oxazole rings is 1. The van der Waals surface area contributed by atoms with Crippen LogP contribution >= 0.6 is 0 Å². The number of nitrogens with one attached hydrogen (secondary N) is 1. The number of aromatic nitrogens is 2. The SMILES string of the molecule is Cc1nc2ccc(NC(=O)c3cccnc3OCC(F)(F)F)cc2o1. The summed E-state index contributed by atoms with van der Waals surface area (Å²) in [5.74, 6) is -0.566. The van der Waals surface area contributed by atoms with Crippen LogP contribution in [0.2, 0.25) is 0 Å². The summed E-state index contributed by atoms with van der Waals surface area (Å²) < 4.78 is 46.9. The van der Waals surface area contributed by atoms with E-state index in [9.17, 15) is 18.0 Å². The number of pyridine rings is 1. The number of anilines is 1. The van der Waals surface area contributed by atoms with Crippen LogP contribution in [0.4, 0.5) is 18.9 Å². The highest BCUT2D eigenvalue weighted by Gasteiger charge is 2.29. The van der Waals surface area contributed by atoms with Crippen LogP contribution in [0.5, 0.6) is 5.88 Å². The van der Waals surface area contributed by atoms with Crippen molar-refractivity contribution in [3.63, 3.8) is 0 Å². The zero-order chi connectivity index (χ0) is 18.0. The zero-order valence-corrected chi connectivity index (χ0v) is 12.9. The first-order valence-corrected chi connectivity index (χ1v) is 7.15. The molecule has 0 bridgehead atoms. The Morgan fingerprint density at radius 1 is 1.32 bits per heavy atom. The molecule has 1 N–H and O–H groups in total. The molecule has 2 heterocycles. The van der Waals surface area contributed by atoms with Crippen molar-refractivity contribution in [2.45, 2.75) is 13.1 Å². The summed E-state index contributed by atoms with van der Waals surface area (Å²) in [6, 6.07) is 7.59. The number of fused-ring (bicyclic) bond motifs is 1. The average Bonchev–Trinajstić information content (AvgIpc) is 2.92. The smallest absolute Gasteiger partial charge is 0.422 e. The summed E-state index contributed by atoms with van der Waals surface area (Å²) in [5.41, 5.74) is 1.40. The highest BCUT2D eigenvalue weighted by molar-refractivity contribution is 6.06. The standard InChI is InChI=1S/C16H12F3N3O3/c1-9-21-12-5-4-10(7-13(12)25-9)22-14(23)11-3-2-6-20-15(11)24-8-16(17,18)19/h2-7H,8H2,1H3,(H,22,23). The van der Waals surface area contributed by atoms with E-state index in [0.29, 0.717) is 22.7 Å². The maximum Gasteiger partial charge on any atom is 0.422 e. The van der Waals surface area contributed by atoms with Crippen molar-refractivity contribution in [2.75, 3.05) is 11.9 Å². The number of nitrogens with zero attached hydrogens (tertiary/aromatic N) is 2. The van der Waals surface area contributed by atoms with Crippen LogP contribution in [0.1, 0.15) is 16.2 Å². The average molecular weight is 351 g/mol. The van der Waals surface area contributed by atoms with E-state index in [1.807, 2.05) is 0 Å². The summed E-state index contributed by atoms with van der Waals surface area (Å²) >= 11 is 0. The van der Waals surface area contributed by atoms with E-state index in [1.165, 1.54) is 18.3 Å². The Morgan fingerprint density at radius 3 is 2.88 bits per heavy atom. The van der Waals surface area contributed by atoms with Gasteiger partial charge in [-0.3, -0.25) is 4.79 Å². The lowest BCUT2D eigenvalue weighted by atomic mass is 10.2. The first-order chi connectivity index (χ1) is 11.8. The largest absolute Gasteiger partial charge is 0.467 e. The van der Waals surface area contributed by atoms with Crippen LogP contribution in [-0.2, 0) is 0 Å². The lowest BCUT2D eigenvalue weighted by Crippen LogP contribution is -2.21. The number of hydrogen-bond acceptors (Lipinski definition) is 5. The van der Waals surface area contributed by atoms with Gasteiger partial charge in [-0.2, -0.15) is 13.2 Å². The highest BCUT2D eigenvalue weighted by atomic mass is 19.4. The van der Waals surface area contributed by atoms with Gasteiger partial charge in [0.25, 0.3) is 5.91 Å². The molecule has 1 amide bonds. The molecule has 0 aliphatic heterocycles. The maximum atomic E-state index is 12.3. The number of hydrogen-bond donors (Lipinski definition) is 1. The quantitative estimate of drug-likeness (QED) is 0.775. The summed E-state index contributed by atoms with van der Waals surface area (Å²) in [7, 11) is 0. The van der Waals surface area contributed by atoms with E-state index in [0.717, 1.165) is 0 Å². The predicted molar refractivity (Wildman–Crippen MR) is 82.5 cm³/mol. The fraction of sp³-hybridized carbons (Fsp3) is 0.188. The summed E-state index contributed by atoms with van der Waals surface area (Å²) in [4.78, 5) is 20.2. The molecule has 1 aromatic carbocycles. The molecule has 0 spiro atoms. The van der Waals surface area contributed by atoms with Gasteiger partial charge < -0.3 is 14.5 Å². The Balaban J connectivity index is 1.80. The van der Waals surface area contributed by atoms with Gasteiger partial charge in [0.15, 0.2) is 18.1 Å². The fourth-order valence-corrected chi connectivity index (χ4v) is 2.14. The fourth-order valence-electron chi connectivity index (χ4n) is 2.14. The van der Waals surface area contributed by atoms with Gasteiger partial charge in [-0.1, -0.05) is 0 Å². The summed E-state index contributed by atoms with van der Waals surface area (Å²) in [6.45, 7) is 0.158. The third kappa shape index (κ3) is 4.06. The van der Waals surface area contributed by atoms with Gasteiger partial charge in [0.1, 0.15) is 11.1 Å². The normalized spacial score (nSPS) is 11.5. The molecular formula is C16H12F3N3O3. The number of alkyl halides is 3. The molecule has 3 aromatic rings. The molecule has 25 heavy (non-hydrogen) atoms.